The van der Waals surface area contributed by atoms with E-state index in [-0.39, 0.29) is 0 Å². The van der Waals surface area contributed by atoms with Gasteiger partial charge in [0.15, 0.2) is 0 Å². The topological polar surface area (TPSA) is 15.3 Å². The van der Waals surface area contributed by atoms with Crippen LogP contribution in [0.15, 0.2) is 12.2 Å². The highest BCUT2D eigenvalue weighted by Gasteiger charge is 1.96. The summed E-state index contributed by atoms with van der Waals surface area (Å²) in [6.45, 7) is 16.0. The van der Waals surface area contributed by atoms with Gasteiger partial charge in [0.05, 0.1) is 0 Å². The lowest BCUT2D eigenvalue weighted by molar-refractivity contribution is 0.303. The Labute approximate surface area is 83.0 Å². The quantitative estimate of drug-likeness (QED) is 0.458. The van der Waals surface area contributed by atoms with E-state index in [0.717, 1.165) is 39.1 Å². The van der Waals surface area contributed by atoms with Gasteiger partial charge >= 0.3 is 0 Å². The fourth-order valence-corrected chi connectivity index (χ4v) is 1.20. The van der Waals surface area contributed by atoms with Crippen molar-refractivity contribution < 1.29 is 0 Å². The third-order valence-electron chi connectivity index (χ3n) is 2.23. The Balaban J connectivity index is 3.19. The second kappa shape index (κ2) is 8.27. The summed E-state index contributed by atoms with van der Waals surface area (Å²) in [5.41, 5.74) is 1.26. The number of hydrogen-bond donors (Lipinski definition) is 1. The van der Waals surface area contributed by atoms with Crippen LogP contribution in [0.4, 0.5) is 0 Å². The Morgan fingerprint density at radius 3 is 2.31 bits per heavy atom. The van der Waals surface area contributed by atoms with Gasteiger partial charge in [-0.05, 0) is 33.0 Å². The molecule has 0 rings (SSSR count). The van der Waals surface area contributed by atoms with Crippen LogP contribution in [0.1, 0.15) is 27.2 Å². The highest BCUT2D eigenvalue weighted by atomic mass is 15.1. The molecule has 0 aliphatic rings. The maximum atomic E-state index is 3.87. The molecule has 1 N–H and O–H groups in total. The molecule has 0 saturated carbocycles. The average molecular weight is 184 g/mol. The molecule has 0 aromatic carbocycles. The lowest BCUT2D eigenvalue weighted by Crippen LogP contribution is -2.32. The fourth-order valence-electron chi connectivity index (χ4n) is 1.20. The Morgan fingerprint density at radius 1 is 1.23 bits per heavy atom. The monoisotopic (exact) mass is 184 g/mol. The Bertz CT molecular complexity index is 128. The number of nitrogens with one attached hydrogen (secondary N) is 1. The molecular weight excluding hydrogens is 160 g/mol. The molecule has 2 heteroatoms. The summed E-state index contributed by atoms with van der Waals surface area (Å²) in [4.78, 5) is 2.42. The van der Waals surface area contributed by atoms with Gasteiger partial charge in [-0.1, -0.05) is 19.4 Å². The molecule has 0 bridgehead atoms. The third kappa shape index (κ3) is 8.00. The average Bonchev–Trinajstić information content (AvgIpc) is 2.11. The minimum absolute atomic E-state index is 1.07. The first kappa shape index (κ1) is 12.7. The van der Waals surface area contributed by atoms with Gasteiger partial charge in [0.2, 0.25) is 0 Å². The molecule has 0 aromatic heterocycles. The van der Waals surface area contributed by atoms with Gasteiger partial charge in [-0.2, -0.15) is 0 Å². The van der Waals surface area contributed by atoms with Gasteiger partial charge in [-0.25, -0.2) is 0 Å². The van der Waals surface area contributed by atoms with Gasteiger partial charge < -0.3 is 10.2 Å². The van der Waals surface area contributed by atoms with Gasteiger partial charge in [0.25, 0.3) is 0 Å². The van der Waals surface area contributed by atoms with Crippen LogP contribution >= 0.6 is 0 Å². The normalized spacial score (nSPS) is 10.8. The van der Waals surface area contributed by atoms with Crippen LogP contribution in [0.5, 0.6) is 0 Å². The molecule has 0 aromatic rings. The zero-order chi connectivity index (χ0) is 10.1. The number of rotatable bonds is 8. The van der Waals surface area contributed by atoms with Crippen LogP contribution < -0.4 is 5.32 Å². The summed E-state index contributed by atoms with van der Waals surface area (Å²) in [5.74, 6) is 0. The maximum Gasteiger partial charge on any atom is 0.0107 e. The summed E-state index contributed by atoms with van der Waals surface area (Å²) in [6.07, 6.45) is 1.10. The lowest BCUT2D eigenvalue weighted by Gasteiger charge is -2.17. The van der Waals surface area contributed by atoms with E-state index in [2.05, 4.69) is 37.6 Å². The largest absolute Gasteiger partial charge is 0.315 e. The highest BCUT2D eigenvalue weighted by molar-refractivity contribution is 4.88. The van der Waals surface area contributed by atoms with Crippen molar-refractivity contribution >= 4 is 0 Å². The van der Waals surface area contributed by atoms with E-state index in [9.17, 15) is 0 Å². The second-order valence-electron chi connectivity index (χ2n) is 3.48. The van der Waals surface area contributed by atoms with E-state index in [0.29, 0.717) is 0 Å². The van der Waals surface area contributed by atoms with Crippen molar-refractivity contribution in [2.75, 3.05) is 32.7 Å². The molecule has 0 spiro atoms. The van der Waals surface area contributed by atoms with Gasteiger partial charge in [0.1, 0.15) is 0 Å². The summed E-state index contributed by atoms with van der Waals surface area (Å²) < 4.78 is 0. The highest BCUT2D eigenvalue weighted by Crippen LogP contribution is 1.91. The predicted octanol–water partition coefficient (Wildman–Crippen LogP) is 1.88. The number of nitrogens with zero attached hydrogens (tertiary/aromatic N) is 1. The maximum absolute atomic E-state index is 3.87. The van der Waals surface area contributed by atoms with E-state index in [1.807, 2.05) is 0 Å². The molecule has 0 aliphatic carbocycles. The van der Waals surface area contributed by atoms with Gasteiger partial charge in [-0.15, -0.1) is 6.58 Å². The van der Waals surface area contributed by atoms with Gasteiger partial charge in [-0.3, -0.25) is 0 Å². The van der Waals surface area contributed by atoms with Crippen molar-refractivity contribution in [3.63, 3.8) is 0 Å². The minimum atomic E-state index is 1.07. The van der Waals surface area contributed by atoms with E-state index < -0.39 is 0 Å². The molecule has 0 aliphatic heterocycles. The molecule has 0 atom stereocenters. The molecule has 0 amide bonds. The van der Waals surface area contributed by atoms with E-state index in [1.165, 1.54) is 5.57 Å². The standard InChI is InChI=1S/C11H24N2/c1-5-13(6-2)10-9-12-8-7-11(3)4/h12H,3,5-10H2,1-2,4H3. The van der Waals surface area contributed by atoms with Crippen molar-refractivity contribution in [1.29, 1.82) is 0 Å². The van der Waals surface area contributed by atoms with Crippen LogP contribution in [-0.4, -0.2) is 37.6 Å². The smallest absolute Gasteiger partial charge is 0.0107 e. The molecule has 0 heterocycles. The van der Waals surface area contributed by atoms with Gasteiger partial charge in [0, 0.05) is 13.1 Å². The molecule has 13 heavy (non-hydrogen) atoms. The number of hydrogen-bond acceptors (Lipinski definition) is 2. The van der Waals surface area contributed by atoms with Crippen molar-refractivity contribution in [3.05, 3.63) is 12.2 Å². The number of likely N-dealkylation sites (N-methyl/N-ethyl adjacent to an activating group) is 1. The Morgan fingerprint density at radius 2 is 1.85 bits per heavy atom. The first-order valence-corrected chi connectivity index (χ1v) is 5.28. The molecule has 0 unspecified atom stereocenters. The first-order chi connectivity index (χ1) is 6.20. The van der Waals surface area contributed by atoms with Crippen LogP contribution in [0.2, 0.25) is 0 Å². The van der Waals surface area contributed by atoms with Crippen LogP contribution in [0.25, 0.3) is 0 Å². The second-order valence-corrected chi connectivity index (χ2v) is 3.48. The SMILES string of the molecule is C=C(C)CCNCCN(CC)CC. The molecule has 0 saturated heterocycles. The van der Waals surface area contributed by atoms with E-state index >= 15 is 0 Å². The lowest BCUT2D eigenvalue weighted by atomic mass is 10.2. The van der Waals surface area contributed by atoms with Crippen LogP contribution in [-0.2, 0) is 0 Å². The molecule has 0 fully saturated rings. The van der Waals surface area contributed by atoms with Crippen molar-refractivity contribution in [2.24, 2.45) is 0 Å². The van der Waals surface area contributed by atoms with E-state index in [1.54, 1.807) is 0 Å². The van der Waals surface area contributed by atoms with Crippen LogP contribution in [0.3, 0.4) is 0 Å². The Kier molecular flexibility index (Phi) is 8.05. The van der Waals surface area contributed by atoms with Crippen molar-refractivity contribution in [1.82, 2.24) is 10.2 Å². The molecule has 0 radical (unpaired) electrons. The zero-order valence-corrected chi connectivity index (χ0v) is 9.40. The summed E-state index contributed by atoms with van der Waals surface area (Å²) in [5, 5.41) is 3.41. The van der Waals surface area contributed by atoms with E-state index in [4.69, 9.17) is 0 Å². The molecule has 78 valence electrons. The zero-order valence-electron chi connectivity index (χ0n) is 9.40. The predicted molar refractivity (Wildman–Crippen MR) is 60.1 cm³/mol. The fraction of sp³-hybridized carbons (Fsp3) is 0.818. The summed E-state index contributed by atoms with van der Waals surface area (Å²) in [7, 11) is 0. The summed E-state index contributed by atoms with van der Waals surface area (Å²) >= 11 is 0. The molecule has 2 nitrogen and oxygen atoms in total. The minimum Gasteiger partial charge on any atom is -0.315 e. The summed E-state index contributed by atoms with van der Waals surface area (Å²) in [6, 6.07) is 0. The molecular formula is C11H24N2. The van der Waals surface area contributed by atoms with Crippen molar-refractivity contribution in [2.45, 2.75) is 27.2 Å². The van der Waals surface area contributed by atoms with Crippen molar-refractivity contribution in [3.8, 4) is 0 Å². The van der Waals surface area contributed by atoms with Crippen LogP contribution in [0, 0.1) is 0 Å². The Hall–Kier alpha value is -0.340. The first-order valence-electron chi connectivity index (χ1n) is 5.28. The third-order valence-corrected chi connectivity index (χ3v) is 2.23.